The number of carbonyl (C=O) groups is 1. The minimum Gasteiger partial charge on any atom is -0.491 e. The molecule has 96 valence electrons. The molecule has 0 saturated carbocycles. The van der Waals surface area contributed by atoms with Gasteiger partial charge in [0.2, 0.25) is 0 Å². The Labute approximate surface area is 109 Å². The lowest BCUT2D eigenvalue weighted by atomic mass is 10.1. The Morgan fingerprint density at radius 3 is 2.95 bits per heavy atom. The van der Waals surface area contributed by atoms with Crippen LogP contribution in [0.25, 0.3) is 0 Å². The van der Waals surface area contributed by atoms with E-state index < -0.39 is 0 Å². The van der Waals surface area contributed by atoms with Gasteiger partial charge in [0.05, 0.1) is 6.04 Å². The summed E-state index contributed by atoms with van der Waals surface area (Å²) in [7, 11) is 0. The van der Waals surface area contributed by atoms with E-state index in [9.17, 15) is 4.79 Å². The molecule has 6 nitrogen and oxygen atoms in total. The average Bonchev–Trinajstić information content (AvgIpc) is 2.83. The van der Waals surface area contributed by atoms with E-state index in [0.29, 0.717) is 6.61 Å². The van der Waals surface area contributed by atoms with Gasteiger partial charge < -0.3 is 15.8 Å². The van der Waals surface area contributed by atoms with Crippen molar-refractivity contribution in [3.8, 4) is 5.75 Å². The molecular weight excluding hydrogens is 244 g/mol. The van der Waals surface area contributed by atoms with Crippen molar-refractivity contribution in [2.75, 3.05) is 12.3 Å². The Hall–Kier alpha value is -2.63. The molecule has 6 heteroatoms. The molecule has 0 radical (unpaired) electrons. The highest BCUT2D eigenvalue weighted by Gasteiger charge is 2.26. The summed E-state index contributed by atoms with van der Waals surface area (Å²) >= 11 is 0. The van der Waals surface area contributed by atoms with Crippen LogP contribution >= 0.6 is 0 Å². The summed E-state index contributed by atoms with van der Waals surface area (Å²) in [6.45, 7) is 0.408. The van der Waals surface area contributed by atoms with Gasteiger partial charge in [-0.3, -0.25) is 4.79 Å². The zero-order valence-electron chi connectivity index (χ0n) is 10.0. The van der Waals surface area contributed by atoms with Crippen molar-refractivity contribution in [1.29, 1.82) is 0 Å². The number of carbonyl (C=O) groups excluding carboxylic acids is 1. The van der Waals surface area contributed by atoms with E-state index in [-0.39, 0.29) is 23.5 Å². The molecule has 19 heavy (non-hydrogen) atoms. The lowest BCUT2D eigenvalue weighted by Gasteiger charge is -2.11. The van der Waals surface area contributed by atoms with Crippen LogP contribution in [0.4, 0.5) is 5.82 Å². The quantitative estimate of drug-likeness (QED) is 0.834. The molecule has 1 aromatic carbocycles. The van der Waals surface area contributed by atoms with Crippen molar-refractivity contribution in [3.05, 3.63) is 47.9 Å². The third kappa shape index (κ3) is 2.08. The van der Waals surface area contributed by atoms with E-state index in [1.807, 2.05) is 24.3 Å². The van der Waals surface area contributed by atoms with Crippen molar-refractivity contribution in [3.63, 3.8) is 0 Å². The first kappa shape index (κ1) is 11.5. The summed E-state index contributed by atoms with van der Waals surface area (Å²) in [6, 6.07) is 7.41. The third-order valence-corrected chi connectivity index (χ3v) is 2.95. The van der Waals surface area contributed by atoms with Crippen LogP contribution in [0.5, 0.6) is 5.75 Å². The standard InChI is InChI=1S/C13H12N4O2/c14-12-11(15-5-6-16-12)13(18)17-9-7-19-10-4-2-1-3-8(9)10/h1-6,9H,7H2,(H2,14,16)(H,17,18). The summed E-state index contributed by atoms with van der Waals surface area (Å²) in [5, 5.41) is 2.85. The van der Waals surface area contributed by atoms with Crippen LogP contribution in [0.1, 0.15) is 22.1 Å². The molecular formula is C13H12N4O2. The average molecular weight is 256 g/mol. The molecule has 3 N–H and O–H groups in total. The molecule has 1 atom stereocenters. The fourth-order valence-electron chi connectivity index (χ4n) is 2.03. The normalized spacial score (nSPS) is 16.5. The number of nitrogen functional groups attached to an aromatic ring is 1. The monoisotopic (exact) mass is 256 g/mol. The molecule has 0 fully saturated rings. The highest BCUT2D eigenvalue weighted by atomic mass is 16.5. The Morgan fingerprint density at radius 2 is 2.11 bits per heavy atom. The Morgan fingerprint density at radius 1 is 1.32 bits per heavy atom. The van der Waals surface area contributed by atoms with Gasteiger partial charge >= 0.3 is 0 Å². The van der Waals surface area contributed by atoms with Gasteiger partial charge in [0.25, 0.3) is 5.91 Å². The number of nitrogens with two attached hydrogens (primary N) is 1. The first-order chi connectivity index (χ1) is 9.25. The largest absolute Gasteiger partial charge is 0.491 e. The molecule has 1 aliphatic rings. The zero-order chi connectivity index (χ0) is 13.2. The minimum absolute atomic E-state index is 0.118. The van der Waals surface area contributed by atoms with Gasteiger partial charge in [0.15, 0.2) is 11.5 Å². The van der Waals surface area contributed by atoms with Crippen molar-refractivity contribution in [1.82, 2.24) is 15.3 Å². The van der Waals surface area contributed by atoms with Gasteiger partial charge in [0.1, 0.15) is 12.4 Å². The number of ether oxygens (including phenoxy) is 1. The van der Waals surface area contributed by atoms with Gasteiger partial charge in [0, 0.05) is 18.0 Å². The van der Waals surface area contributed by atoms with Crippen LogP contribution in [0, 0.1) is 0 Å². The van der Waals surface area contributed by atoms with Crippen LogP contribution in [0.15, 0.2) is 36.7 Å². The summed E-state index contributed by atoms with van der Waals surface area (Å²) in [5.41, 5.74) is 6.71. The van der Waals surface area contributed by atoms with Crippen LogP contribution in [0.3, 0.4) is 0 Å². The van der Waals surface area contributed by atoms with E-state index in [0.717, 1.165) is 11.3 Å². The lowest BCUT2D eigenvalue weighted by molar-refractivity contribution is 0.0926. The molecule has 1 aliphatic heterocycles. The topological polar surface area (TPSA) is 90.1 Å². The number of fused-ring (bicyclic) bond motifs is 1. The minimum atomic E-state index is -0.351. The second-order valence-corrected chi connectivity index (χ2v) is 4.17. The first-order valence-electron chi connectivity index (χ1n) is 5.85. The second kappa shape index (κ2) is 4.56. The highest BCUT2D eigenvalue weighted by molar-refractivity contribution is 5.96. The smallest absolute Gasteiger partial charge is 0.274 e. The number of aromatic nitrogens is 2. The Balaban J connectivity index is 1.81. The number of rotatable bonds is 2. The molecule has 2 aromatic rings. The molecule has 3 rings (SSSR count). The number of anilines is 1. The Kier molecular flexibility index (Phi) is 2.75. The van der Waals surface area contributed by atoms with Gasteiger partial charge in [-0.1, -0.05) is 18.2 Å². The SMILES string of the molecule is Nc1nccnc1C(=O)NC1COc2ccccc21. The summed E-state index contributed by atoms with van der Waals surface area (Å²) in [6.07, 6.45) is 2.88. The van der Waals surface area contributed by atoms with Crippen LogP contribution in [-0.2, 0) is 0 Å². The summed E-state index contributed by atoms with van der Waals surface area (Å²) in [4.78, 5) is 19.9. The van der Waals surface area contributed by atoms with Gasteiger partial charge in [-0.05, 0) is 6.07 Å². The number of amides is 1. The number of hydrogen-bond donors (Lipinski definition) is 2. The Bertz CT molecular complexity index is 630. The number of para-hydroxylation sites is 1. The zero-order valence-corrected chi connectivity index (χ0v) is 10.0. The molecule has 0 spiro atoms. The summed E-state index contributed by atoms with van der Waals surface area (Å²) in [5.74, 6) is 0.558. The van der Waals surface area contributed by atoms with E-state index in [1.165, 1.54) is 12.4 Å². The maximum absolute atomic E-state index is 12.1. The van der Waals surface area contributed by atoms with E-state index >= 15 is 0 Å². The molecule has 0 bridgehead atoms. The molecule has 2 heterocycles. The number of hydrogen-bond acceptors (Lipinski definition) is 5. The van der Waals surface area contributed by atoms with Crippen LogP contribution < -0.4 is 15.8 Å². The number of benzene rings is 1. The van der Waals surface area contributed by atoms with E-state index in [1.54, 1.807) is 0 Å². The number of nitrogens with one attached hydrogen (secondary N) is 1. The lowest BCUT2D eigenvalue weighted by Crippen LogP contribution is -2.30. The van der Waals surface area contributed by atoms with Crippen molar-refractivity contribution < 1.29 is 9.53 Å². The van der Waals surface area contributed by atoms with Crippen molar-refractivity contribution in [2.45, 2.75) is 6.04 Å². The molecule has 0 aliphatic carbocycles. The van der Waals surface area contributed by atoms with Gasteiger partial charge in [-0.15, -0.1) is 0 Å². The summed E-state index contributed by atoms with van der Waals surface area (Å²) < 4.78 is 5.50. The van der Waals surface area contributed by atoms with E-state index in [4.69, 9.17) is 10.5 Å². The maximum Gasteiger partial charge on any atom is 0.274 e. The fourth-order valence-corrected chi connectivity index (χ4v) is 2.03. The van der Waals surface area contributed by atoms with Crippen LogP contribution in [-0.4, -0.2) is 22.5 Å². The molecule has 1 aromatic heterocycles. The maximum atomic E-state index is 12.1. The molecule has 1 unspecified atom stereocenters. The van der Waals surface area contributed by atoms with E-state index in [2.05, 4.69) is 15.3 Å². The van der Waals surface area contributed by atoms with Crippen molar-refractivity contribution >= 4 is 11.7 Å². The predicted molar refractivity (Wildman–Crippen MR) is 68.6 cm³/mol. The van der Waals surface area contributed by atoms with Gasteiger partial charge in [-0.25, -0.2) is 9.97 Å². The first-order valence-corrected chi connectivity index (χ1v) is 5.85. The fraction of sp³-hybridized carbons (Fsp3) is 0.154. The second-order valence-electron chi connectivity index (χ2n) is 4.17. The molecule has 0 saturated heterocycles. The highest BCUT2D eigenvalue weighted by Crippen LogP contribution is 2.31. The predicted octanol–water partition coefficient (Wildman–Crippen LogP) is 0.922. The van der Waals surface area contributed by atoms with Crippen LogP contribution in [0.2, 0.25) is 0 Å². The molecule has 1 amide bonds. The number of nitrogens with zero attached hydrogens (tertiary/aromatic N) is 2. The third-order valence-electron chi connectivity index (χ3n) is 2.95. The van der Waals surface area contributed by atoms with Gasteiger partial charge in [-0.2, -0.15) is 0 Å². The van der Waals surface area contributed by atoms with Crippen molar-refractivity contribution in [2.24, 2.45) is 0 Å².